The number of fused-ring (bicyclic) bond motifs is 1. The first-order valence-corrected chi connectivity index (χ1v) is 11.0. The minimum Gasteiger partial charge on any atom is -0.492 e. The summed E-state index contributed by atoms with van der Waals surface area (Å²) in [6.07, 6.45) is 0.0474. The van der Waals surface area contributed by atoms with Crippen LogP contribution in [0.4, 0.5) is 0 Å². The quantitative estimate of drug-likeness (QED) is 0.489. The Bertz CT molecular complexity index is 1130. The van der Waals surface area contributed by atoms with Crippen molar-refractivity contribution in [3.63, 3.8) is 0 Å². The summed E-state index contributed by atoms with van der Waals surface area (Å²) in [6, 6.07) is 12.5. The number of hydrogen-bond acceptors (Lipinski definition) is 6. The van der Waals surface area contributed by atoms with Gasteiger partial charge in [-0.25, -0.2) is 0 Å². The van der Waals surface area contributed by atoms with Crippen LogP contribution in [-0.2, 0) is 16.1 Å². The number of ether oxygens (including phenoxy) is 3. The van der Waals surface area contributed by atoms with Gasteiger partial charge in [0.2, 0.25) is 0 Å². The molecule has 0 bridgehead atoms. The third-order valence-corrected chi connectivity index (χ3v) is 5.27. The van der Waals surface area contributed by atoms with E-state index >= 15 is 0 Å². The summed E-state index contributed by atoms with van der Waals surface area (Å²) >= 11 is 1.32. The van der Waals surface area contributed by atoms with Crippen LogP contribution >= 0.6 is 11.3 Å². The van der Waals surface area contributed by atoms with Gasteiger partial charge < -0.3 is 18.8 Å². The fourth-order valence-corrected chi connectivity index (χ4v) is 4.08. The van der Waals surface area contributed by atoms with Gasteiger partial charge in [-0.15, -0.1) is 0 Å². The van der Waals surface area contributed by atoms with Gasteiger partial charge in [0.1, 0.15) is 23.6 Å². The van der Waals surface area contributed by atoms with E-state index in [9.17, 15) is 9.59 Å². The molecule has 2 aromatic carbocycles. The van der Waals surface area contributed by atoms with Crippen LogP contribution in [0.25, 0.3) is 10.2 Å². The molecule has 3 aromatic rings. The van der Waals surface area contributed by atoms with Crippen molar-refractivity contribution in [2.75, 3.05) is 13.2 Å². The topological polar surface area (TPSA) is 79.1 Å². The lowest BCUT2D eigenvalue weighted by Gasteiger charge is -2.10. The van der Waals surface area contributed by atoms with E-state index in [2.05, 4.69) is 4.99 Å². The monoisotopic (exact) mass is 442 g/mol. The molecule has 8 heteroatoms. The maximum Gasteiger partial charge on any atom is 0.326 e. The molecule has 0 aliphatic rings. The summed E-state index contributed by atoms with van der Waals surface area (Å²) in [6.45, 7) is 8.21. The zero-order chi connectivity index (χ0) is 22.4. The van der Waals surface area contributed by atoms with Crippen molar-refractivity contribution in [2.24, 2.45) is 4.99 Å². The molecule has 0 radical (unpaired) electrons. The highest BCUT2D eigenvalue weighted by atomic mass is 32.1. The lowest BCUT2D eigenvalue weighted by molar-refractivity contribution is -0.143. The fourth-order valence-electron chi connectivity index (χ4n) is 3.04. The number of aromatic nitrogens is 1. The van der Waals surface area contributed by atoms with Crippen molar-refractivity contribution >= 4 is 33.4 Å². The lowest BCUT2D eigenvalue weighted by atomic mass is 10.2. The SMILES string of the molecule is CCOC(=O)Cn1c(=NC(=O)c2ccc(OC(C)C)cc2)sc2cccc(OCC)c21. The normalized spacial score (nSPS) is 11.7. The summed E-state index contributed by atoms with van der Waals surface area (Å²) in [5.41, 5.74) is 1.15. The Balaban J connectivity index is 2.05. The molecule has 0 saturated heterocycles. The first kappa shape index (κ1) is 22.6. The summed E-state index contributed by atoms with van der Waals surface area (Å²) in [7, 11) is 0. The van der Waals surface area contributed by atoms with Crippen molar-refractivity contribution in [1.29, 1.82) is 0 Å². The molecule has 0 aliphatic carbocycles. The van der Waals surface area contributed by atoms with Crippen molar-refractivity contribution < 1.29 is 23.8 Å². The maximum atomic E-state index is 12.8. The first-order valence-electron chi connectivity index (χ1n) is 10.2. The Morgan fingerprint density at radius 1 is 1.06 bits per heavy atom. The number of nitrogens with zero attached hydrogens (tertiary/aromatic N) is 2. The Morgan fingerprint density at radius 2 is 1.81 bits per heavy atom. The lowest BCUT2D eigenvalue weighted by Crippen LogP contribution is -2.23. The predicted molar refractivity (Wildman–Crippen MR) is 120 cm³/mol. The summed E-state index contributed by atoms with van der Waals surface area (Å²) in [5.74, 6) is 0.507. The van der Waals surface area contributed by atoms with E-state index in [0.29, 0.717) is 28.5 Å². The van der Waals surface area contributed by atoms with Gasteiger partial charge in [-0.2, -0.15) is 4.99 Å². The molecule has 0 spiro atoms. The average Bonchev–Trinajstić information content (AvgIpc) is 3.06. The van der Waals surface area contributed by atoms with Crippen LogP contribution in [0.3, 0.4) is 0 Å². The van der Waals surface area contributed by atoms with Gasteiger partial charge in [-0.3, -0.25) is 9.59 Å². The number of rotatable bonds is 8. The van der Waals surface area contributed by atoms with Gasteiger partial charge in [0.25, 0.3) is 5.91 Å². The van der Waals surface area contributed by atoms with E-state index < -0.39 is 11.9 Å². The largest absolute Gasteiger partial charge is 0.492 e. The zero-order valence-electron chi connectivity index (χ0n) is 18.1. The molecule has 0 unspecified atom stereocenters. The van der Waals surface area contributed by atoms with Crippen LogP contribution in [0, 0.1) is 0 Å². The average molecular weight is 443 g/mol. The zero-order valence-corrected chi connectivity index (χ0v) is 18.9. The van der Waals surface area contributed by atoms with Crippen molar-refractivity contribution in [1.82, 2.24) is 4.57 Å². The molecule has 3 rings (SSSR count). The van der Waals surface area contributed by atoms with Crippen LogP contribution in [0.15, 0.2) is 47.5 Å². The van der Waals surface area contributed by atoms with Crippen molar-refractivity contribution in [3.05, 3.63) is 52.8 Å². The molecule has 7 nitrogen and oxygen atoms in total. The highest BCUT2D eigenvalue weighted by molar-refractivity contribution is 7.16. The van der Waals surface area contributed by atoms with Gasteiger partial charge in [-0.05, 0) is 64.1 Å². The molecule has 1 aromatic heterocycles. The van der Waals surface area contributed by atoms with Crippen LogP contribution in [-0.4, -0.2) is 35.8 Å². The molecule has 0 fully saturated rings. The Labute approximate surface area is 184 Å². The molecule has 1 heterocycles. The summed E-state index contributed by atoms with van der Waals surface area (Å²) < 4.78 is 19.0. The Morgan fingerprint density at radius 3 is 2.45 bits per heavy atom. The smallest absolute Gasteiger partial charge is 0.326 e. The number of hydrogen-bond donors (Lipinski definition) is 0. The minimum absolute atomic E-state index is 0.0474. The molecular formula is C23H26N2O5S. The van der Waals surface area contributed by atoms with Gasteiger partial charge in [-0.1, -0.05) is 17.4 Å². The highest BCUT2D eigenvalue weighted by Crippen LogP contribution is 2.28. The minimum atomic E-state index is -0.405. The maximum absolute atomic E-state index is 12.8. The third kappa shape index (κ3) is 5.52. The third-order valence-electron chi connectivity index (χ3n) is 4.23. The number of thiazole rings is 1. The second-order valence-electron chi connectivity index (χ2n) is 6.92. The van der Waals surface area contributed by atoms with Gasteiger partial charge in [0.05, 0.1) is 24.0 Å². The van der Waals surface area contributed by atoms with Crippen LogP contribution < -0.4 is 14.3 Å². The Hall–Kier alpha value is -3.13. The molecule has 164 valence electrons. The van der Waals surface area contributed by atoms with Gasteiger partial charge in [0.15, 0.2) is 4.80 Å². The number of carbonyl (C=O) groups is 2. The fraction of sp³-hybridized carbons (Fsp3) is 0.348. The van der Waals surface area contributed by atoms with Crippen molar-refractivity contribution in [2.45, 2.75) is 40.3 Å². The second kappa shape index (κ2) is 10.3. The molecule has 0 saturated carbocycles. The summed E-state index contributed by atoms with van der Waals surface area (Å²) in [4.78, 5) is 29.8. The van der Waals surface area contributed by atoms with E-state index in [1.807, 2.05) is 39.0 Å². The molecule has 0 aliphatic heterocycles. The number of amides is 1. The second-order valence-corrected chi connectivity index (χ2v) is 7.93. The van der Waals surface area contributed by atoms with Crippen LogP contribution in [0.1, 0.15) is 38.1 Å². The number of esters is 1. The number of benzene rings is 2. The standard InChI is InChI=1S/C23H26N2O5S/c1-5-28-18-8-7-9-19-21(18)25(14-20(26)29-6-2)23(31-19)24-22(27)16-10-12-17(13-11-16)30-15(3)4/h7-13,15H,5-6,14H2,1-4H3. The molecular weight excluding hydrogens is 416 g/mol. The molecule has 0 N–H and O–H groups in total. The van der Waals surface area contributed by atoms with E-state index in [0.717, 1.165) is 10.2 Å². The predicted octanol–water partition coefficient (Wildman–Crippen LogP) is 4.19. The van der Waals surface area contributed by atoms with Crippen LogP contribution in [0.5, 0.6) is 11.5 Å². The van der Waals surface area contributed by atoms with E-state index in [1.54, 1.807) is 35.8 Å². The summed E-state index contributed by atoms with van der Waals surface area (Å²) in [5, 5.41) is 0. The first-order chi connectivity index (χ1) is 14.9. The number of carbonyl (C=O) groups excluding carboxylic acids is 2. The van der Waals surface area contributed by atoms with E-state index in [-0.39, 0.29) is 19.3 Å². The van der Waals surface area contributed by atoms with E-state index in [4.69, 9.17) is 14.2 Å². The number of para-hydroxylation sites is 1. The van der Waals surface area contributed by atoms with Gasteiger partial charge in [0, 0.05) is 5.56 Å². The molecule has 1 amide bonds. The van der Waals surface area contributed by atoms with Crippen molar-refractivity contribution in [3.8, 4) is 11.5 Å². The van der Waals surface area contributed by atoms with E-state index in [1.165, 1.54) is 11.3 Å². The molecule has 31 heavy (non-hydrogen) atoms. The van der Waals surface area contributed by atoms with Gasteiger partial charge >= 0.3 is 5.97 Å². The molecule has 0 atom stereocenters. The Kier molecular flexibility index (Phi) is 7.46. The van der Waals surface area contributed by atoms with Crippen LogP contribution in [0.2, 0.25) is 0 Å². The highest BCUT2D eigenvalue weighted by Gasteiger charge is 2.16.